The molecule has 0 bridgehead atoms. The van der Waals surface area contributed by atoms with Gasteiger partial charge in [-0.1, -0.05) is 5.16 Å². The molecule has 1 amide bonds. The predicted octanol–water partition coefficient (Wildman–Crippen LogP) is 4.92. The molecule has 0 spiro atoms. The van der Waals surface area contributed by atoms with Gasteiger partial charge in [0.2, 0.25) is 5.91 Å². The second kappa shape index (κ2) is 6.47. The highest BCUT2D eigenvalue weighted by Crippen LogP contribution is 2.55. The molecule has 0 radical (unpaired) electrons. The summed E-state index contributed by atoms with van der Waals surface area (Å²) in [7, 11) is 0. The van der Waals surface area contributed by atoms with Crippen molar-refractivity contribution in [1.82, 2.24) is 15.1 Å². The van der Waals surface area contributed by atoms with Crippen molar-refractivity contribution in [1.29, 1.82) is 0 Å². The molecule has 4 aromatic rings. The average molecular weight is 420 g/mol. The van der Waals surface area contributed by atoms with Crippen molar-refractivity contribution in [3.63, 3.8) is 0 Å². The zero-order valence-electron chi connectivity index (χ0n) is 16.6. The van der Waals surface area contributed by atoms with E-state index in [1.165, 1.54) is 23.2 Å². The highest BCUT2D eigenvalue weighted by atomic mass is 19.1. The Balaban J connectivity index is 1.45. The number of aromatic amines is 1. The summed E-state index contributed by atoms with van der Waals surface area (Å²) in [6, 6.07) is 7.25. The summed E-state index contributed by atoms with van der Waals surface area (Å²) < 4.78 is 35.7. The summed E-state index contributed by atoms with van der Waals surface area (Å²) in [6.07, 6.45) is 4.82. The van der Waals surface area contributed by atoms with E-state index in [9.17, 15) is 4.79 Å². The van der Waals surface area contributed by atoms with Gasteiger partial charge in [0.25, 0.3) is 0 Å². The van der Waals surface area contributed by atoms with E-state index >= 15 is 8.78 Å². The van der Waals surface area contributed by atoms with Gasteiger partial charge >= 0.3 is 0 Å². The summed E-state index contributed by atoms with van der Waals surface area (Å²) in [5, 5.41) is 3.69. The summed E-state index contributed by atoms with van der Waals surface area (Å²) in [4.78, 5) is 21.8. The van der Waals surface area contributed by atoms with E-state index in [-0.39, 0.29) is 17.4 Å². The van der Waals surface area contributed by atoms with Crippen molar-refractivity contribution >= 4 is 22.6 Å². The third kappa shape index (κ3) is 2.71. The molecule has 8 heteroatoms. The smallest absolute Gasteiger partial charge is 0.233 e. The second-order valence-corrected chi connectivity index (χ2v) is 8.27. The molecule has 2 aliphatic rings. The molecule has 1 saturated carbocycles. The monoisotopic (exact) mass is 420 g/mol. The van der Waals surface area contributed by atoms with E-state index < -0.39 is 23.6 Å². The molecule has 6 rings (SSSR count). The standard InChI is InChI=1S/C23H18F2N4O2/c1-11-15(9-28-31-11)13-6-16(24)21(17(25)7-13)22-20(12-2-3-12)23(30)29(22)14-4-5-18-19(8-14)27-10-26-18/h4-10,12,20,22H,2-3H2,1H3,(H,26,27)/t20?,22-/m1/s1. The number of amides is 1. The van der Waals surface area contributed by atoms with Crippen molar-refractivity contribution in [2.45, 2.75) is 25.8 Å². The first-order chi connectivity index (χ1) is 15.0. The van der Waals surface area contributed by atoms with Crippen LogP contribution in [-0.4, -0.2) is 21.0 Å². The van der Waals surface area contributed by atoms with Gasteiger partial charge in [-0.15, -0.1) is 0 Å². The molecule has 2 fully saturated rings. The van der Waals surface area contributed by atoms with Crippen LogP contribution in [0.5, 0.6) is 0 Å². The van der Waals surface area contributed by atoms with Crippen LogP contribution in [0.2, 0.25) is 0 Å². The van der Waals surface area contributed by atoms with Crippen LogP contribution in [-0.2, 0) is 4.79 Å². The summed E-state index contributed by atoms with van der Waals surface area (Å²) in [5.74, 6) is -1.20. The molecule has 2 atom stereocenters. The molecular formula is C23H18F2N4O2. The highest BCUT2D eigenvalue weighted by Gasteiger charge is 2.56. The van der Waals surface area contributed by atoms with Crippen molar-refractivity contribution in [3.05, 3.63) is 65.8 Å². The van der Waals surface area contributed by atoms with Crippen molar-refractivity contribution < 1.29 is 18.1 Å². The normalized spacial score (nSPS) is 21.0. The first-order valence-electron chi connectivity index (χ1n) is 10.2. The van der Waals surface area contributed by atoms with E-state index in [1.54, 1.807) is 31.5 Å². The number of hydrogen-bond acceptors (Lipinski definition) is 4. The highest BCUT2D eigenvalue weighted by molar-refractivity contribution is 6.04. The summed E-state index contributed by atoms with van der Waals surface area (Å²) in [6.45, 7) is 1.69. The number of imidazole rings is 1. The number of β-lactam (4-membered cyclic amide) rings is 1. The number of hydrogen-bond donors (Lipinski definition) is 1. The number of fused-ring (bicyclic) bond motifs is 1. The Morgan fingerprint density at radius 2 is 1.94 bits per heavy atom. The quantitative estimate of drug-likeness (QED) is 0.476. The number of H-pyrrole nitrogens is 1. The van der Waals surface area contributed by atoms with Crippen LogP contribution < -0.4 is 4.90 Å². The molecule has 2 aromatic heterocycles. The Hall–Kier alpha value is -3.55. The zero-order valence-corrected chi connectivity index (χ0v) is 16.6. The fourth-order valence-electron chi connectivity index (χ4n) is 4.69. The van der Waals surface area contributed by atoms with Crippen molar-refractivity contribution in [2.24, 2.45) is 11.8 Å². The van der Waals surface area contributed by atoms with Gasteiger partial charge in [-0.2, -0.15) is 0 Å². The number of nitrogens with zero attached hydrogens (tertiary/aromatic N) is 3. The lowest BCUT2D eigenvalue weighted by Gasteiger charge is -2.48. The van der Waals surface area contributed by atoms with Gasteiger partial charge in [-0.25, -0.2) is 13.8 Å². The van der Waals surface area contributed by atoms with Crippen LogP contribution in [0.4, 0.5) is 14.5 Å². The lowest BCUT2D eigenvalue weighted by Crippen LogP contribution is -2.56. The Morgan fingerprint density at radius 1 is 1.16 bits per heavy atom. The number of aromatic nitrogens is 3. The molecule has 6 nitrogen and oxygen atoms in total. The predicted molar refractivity (Wildman–Crippen MR) is 109 cm³/mol. The number of carbonyl (C=O) groups is 1. The Labute approximate surface area is 175 Å². The average Bonchev–Trinajstić information content (AvgIpc) is 3.27. The third-order valence-corrected chi connectivity index (χ3v) is 6.39. The molecule has 3 heterocycles. The van der Waals surface area contributed by atoms with Gasteiger partial charge in [0.1, 0.15) is 17.4 Å². The number of halogens is 2. The van der Waals surface area contributed by atoms with E-state index in [0.717, 1.165) is 23.9 Å². The van der Waals surface area contributed by atoms with Crippen LogP contribution in [0.15, 0.2) is 47.4 Å². The van der Waals surface area contributed by atoms with Gasteiger partial charge in [0.05, 0.1) is 35.5 Å². The van der Waals surface area contributed by atoms with Gasteiger partial charge in [0.15, 0.2) is 0 Å². The fraction of sp³-hybridized carbons (Fsp3) is 0.261. The minimum atomic E-state index is -0.682. The third-order valence-electron chi connectivity index (χ3n) is 6.39. The molecular weight excluding hydrogens is 402 g/mol. The minimum Gasteiger partial charge on any atom is -0.361 e. The van der Waals surface area contributed by atoms with Crippen molar-refractivity contribution in [2.75, 3.05) is 4.90 Å². The van der Waals surface area contributed by atoms with Gasteiger partial charge < -0.3 is 14.4 Å². The summed E-state index contributed by atoms with van der Waals surface area (Å²) in [5.41, 5.74) is 2.95. The van der Waals surface area contributed by atoms with E-state index in [2.05, 4.69) is 15.1 Å². The van der Waals surface area contributed by atoms with E-state index in [0.29, 0.717) is 22.6 Å². The maximum atomic E-state index is 15.3. The van der Waals surface area contributed by atoms with Crippen LogP contribution in [0.3, 0.4) is 0 Å². The number of carbonyl (C=O) groups excluding carboxylic acids is 1. The van der Waals surface area contributed by atoms with Crippen LogP contribution in [0.1, 0.15) is 30.2 Å². The van der Waals surface area contributed by atoms with Gasteiger partial charge in [-0.05, 0) is 61.6 Å². The largest absolute Gasteiger partial charge is 0.361 e. The molecule has 31 heavy (non-hydrogen) atoms. The SMILES string of the molecule is Cc1oncc1-c1cc(F)c([C@H]2C(C3CC3)C(=O)N2c2ccc3nc[nH]c3c2)c(F)c1. The molecule has 156 valence electrons. The number of anilines is 1. The van der Waals surface area contributed by atoms with Crippen LogP contribution in [0.25, 0.3) is 22.2 Å². The van der Waals surface area contributed by atoms with Crippen LogP contribution >= 0.6 is 0 Å². The summed E-state index contributed by atoms with van der Waals surface area (Å²) >= 11 is 0. The Morgan fingerprint density at radius 3 is 2.61 bits per heavy atom. The first-order valence-corrected chi connectivity index (χ1v) is 10.2. The molecule has 1 aliphatic carbocycles. The molecule has 1 N–H and O–H groups in total. The lowest BCUT2D eigenvalue weighted by molar-refractivity contribution is -0.131. The molecule has 1 saturated heterocycles. The van der Waals surface area contributed by atoms with Gasteiger partial charge in [0, 0.05) is 16.8 Å². The maximum absolute atomic E-state index is 15.3. The first kappa shape index (κ1) is 18.2. The number of nitrogens with one attached hydrogen (secondary N) is 1. The molecule has 2 aromatic carbocycles. The Bertz CT molecular complexity index is 1320. The number of rotatable bonds is 4. The van der Waals surface area contributed by atoms with E-state index in [1.807, 2.05) is 0 Å². The minimum absolute atomic E-state index is 0.0703. The molecule has 1 aliphatic heterocycles. The maximum Gasteiger partial charge on any atom is 0.233 e. The zero-order chi connectivity index (χ0) is 21.3. The topological polar surface area (TPSA) is 75.0 Å². The van der Waals surface area contributed by atoms with Crippen molar-refractivity contribution in [3.8, 4) is 11.1 Å². The number of benzene rings is 2. The lowest BCUT2D eigenvalue weighted by atomic mass is 9.78. The number of aryl methyl sites for hydroxylation is 1. The van der Waals surface area contributed by atoms with Gasteiger partial charge in [-0.3, -0.25) is 4.79 Å². The van der Waals surface area contributed by atoms with E-state index in [4.69, 9.17) is 4.52 Å². The molecule has 1 unspecified atom stereocenters. The Kier molecular flexibility index (Phi) is 3.81. The second-order valence-electron chi connectivity index (χ2n) is 8.27. The fourth-order valence-corrected chi connectivity index (χ4v) is 4.69. The van der Waals surface area contributed by atoms with Crippen LogP contribution in [0, 0.1) is 30.4 Å².